The average Bonchev–Trinajstić information content (AvgIpc) is 2.25. The lowest BCUT2D eigenvalue weighted by Crippen LogP contribution is -2.50. The van der Waals surface area contributed by atoms with E-state index in [4.69, 9.17) is 0 Å². The molecular formula is C12H26N2OS. The zero-order valence-corrected chi connectivity index (χ0v) is 11.8. The van der Waals surface area contributed by atoms with Gasteiger partial charge in [-0.25, -0.2) is 0 Å². The fourth-order valence-corrected chi connectivity index (χ4v) is 3.20. The van der Waals surface area contributed by atoms with Crippen LogP contribution in [0.25, 0.3) is 0 Å². The number of hydrogen-bond donors (Lipinski definition) is 1. The Morgan fingerprint density at radius 1 is 1.56 bits per heavy atom. The molecule has 1 heterocycles. The van der Waals surface area contributed by atoms with Crippen molar-refractivity contribution < 1.29 is 4.21 Å². The summed E-state index contributed by atoms with van der Waals surface area (Å²) in [7, 11) is 1.41. The SMILES string of the molecule is CNC1CCN(C(C)CCS(C)=O)CC1C. The Hall–Kier alpha value is 0.0700. The summed E-state index contributed by atoms with van der Waals surface area (Å²) >= 11 is 0. The van der Waals surface area contributed by atoms with E-state index in [-0.39, 0.29) is 0 Å². The minimum absolute atomic E-state index is 0.573. The molecule has 0 saturated carbocycles. The fraction of sp³-hybridized carbons (Fsp3) is 1.00. The summed E-state index contributed by atoms with van der Waals surface area (Å²) in [4.78, 5) is 2.55. The van der Waals surface area contributed by atoms with E-state index in [2.05, 4.69) is 31.1 Å². The van der Waals surface area contributed by atoms with Gasteiger partial charge < -0.3 is 10.2 Å². The largest absolute Gasteiger partial charge is 0.317 e. The van der Waals surface area contributed by atoms with Gasteiger partial charge in [-0.2, -0.15) is 0 Å². The third kappa shape index (κ3) is 4.15. The van der Waals surface area contributed by atoms with Gasteiger partial charge in [0.15, 0.2) is 0 Å². The van der Waals surface area contributed by atoms with Crippen molar-refractivity contribution in [2.45, 2.75) is 38.8 Å². The molecule has 0 aromatic rings. The molecule has 1 N–H and O–H groups in total. The van der Waals surface area contributed by atoms with Crippen LogP contribution >= 0.6 is 0 Å². The number of piperidine rings is 1. The second-order valence-corrected chi connectivity index (χ2v) is 6.63. The highest BCUT2D eigenvalue weighted by molar-refractivity contribution is 7.84. The first-order chi connectivity index (χ1) is 7.54. The molecule has 0 radical (unpaired) electrons. The summed E-state index contributed by atoms with van der Waals surface area (Å²) in [5.74, 6) is 1.55. The monoisotopic (exact) mass is 246 g/mol. The molecular weight excluding hydrogens is 220 g/mol. The second-order valence-electron chi connectivity index (χ2n) is 5.07. The molecule has 16 heavy (non-hydrogen) atoms. The topological polar surface area (TPSA) is 32.3 Å². The van der Waals surface area contributed by atoms with Crippen molar-refractivity contribution in [2.75, 3.05) is 32.1 Å². The van der Waals surface area contributed by atoms with Crippen LogP contribution in [-0.4, -0.2) is 53.3 Å². The number of nitrogens with one attached hydrogen (secondary N) is 1. The molecule has 0 aromatic heterocycles. The zero-order chi connectivity index (χ0) is 12.1. The summed E-state index contributed by atoms with van der Waals surface area (Å²) < 4.78 is 11.1. The summed E-state index contributed by atoms with van der Waals surface area (Å²) in [6, 6.07) is 1.24. The molecule has 1 rings (SSSR count). The van der Waals surface area contributed by atoms with E-state index in [9.17, 15) is 4.21 Å². The van der Waals surface area contributed by atoms with E-state index >= 15 is 0 Å². The zero-order valence-electron chi connectivity index (χ0n) is 11.0. The first kappa shape index (κ1) is 14.1. The van der Waals surface area contributed by atoms with Crippen LogP contribution in [0.5, 0.6) is 0 Å². The van der Waals surface area contributed by atoms with Crippen molar-refractivity contribution in [1.29, 1.82) is 0 Å². The van der Waals surface area contributed by atoms with Crippen LogP contribution in [0, 0.1) is 5.92 Å². The Morgan fingerprint density at radius 3 is 2.75 bits per heavy atom. The van der Waals surface area contributed by atoms with E-state index in [1.165, 1.54) is 19.5 Å². The molecule has 4 atom stereocenters. The van der Waals surface area contributed by atoms with Crippen molar-refractivity contribution in [3.63, 3.8) is 0 Å². The summed E-state index contributed by atoms with van der Waals surface area (Å²) in [6.45, 7) is 6.92. The molecule has 4 heteroatoms. The molecule has 0 amide bonds. The van der Waals surface area contributed by atoms with Crippen LogP contribution in [0.3, 0.4) is 0 Å². The normalized spacial score (nSPS) is 31.2. The van der Waals surface area contributed by atoms with E-state index in [0.717, 1.165) is 12.2 Å². The van der Waals surface area contributed by atoms with Gasteiger partial charge in [-0.05, 0) is 39.3 Å². The summed E-state index contributed by atoms with van der Waals surface area (Å²) in [5.41, 5.74) is 0. The van der Waals surface area contributed by atoms with Crippen molar-refractivity contribution in [2.24, 2.45) is 5.92 Å². The minimum Gasteiger partial charge on any atom is -0.317 e. The number of nitrogens with zero attached hydrogens (tertiary/aromatic N) is 1. The van der Waals surface area contributed by atoms with Gasteiger partial charge in [0.2, 0.25) is 0 Å². The lowest BCUT2D eigenvalue weighted by atomic mass is 9.93. The molecule has 0 spiro atoms. The standard InChI is InChI=1S/C12H26N2OS/c1-10-9-14(7-5-12(10)13-3)11(2)6-8-16(4)15/h10-13H,5-9H2,1-4H3. The molecule has 1 fully saturated rings. The Kier molecular flexibility index (Phi) is 5.94. The molecule has 1 aliphatic rings. The molecule has 3 nitrogen and oxygen atoms in total. The van der Waals surface area contributed by atoms with Crippen molar-refractivity contribution in [3.05, 3.63) is 0 Å². The number of likely N-dealkylation sites (tertiary alicyclic amines) is 1. The maximum atomic E-state index is 11.1. The first-order valence-electron chi connectivity index (χ1n) is 6.26. The number of rotatable bonds is 5. The van der Waals surface area contributed by atoms with Crippen LogP contribution in [0.2, 0.25) is 0 Å². The quantitative estimate of drug-likeness (QED) is 0.788. The van der Waals surface area contributed by atoms with Gasteiger partial charge in [0.1, 0.15) is 0 Å². The van der Waals surface area contributed by atoms with Crippen LogP contribution in [0.1, 0.15) is 26.7 Å². The van der Waals surface area contributed by atoms with Gasteiger partial charge in [0.05, 0.1) is 0 Å². The van der Waals surface area contributed by atoms with Gasteiger partial charge in [-0.3, -0.25) is 4.21 Å². The first-order valence-corrected chi connectivity index (χ1v) is 7.98. The second kappa shape index (κ2) is 6.72. The fourth-order valence-electron chi connectivity index (χ4n) is 2.53. The van der Waals surface area contributed by atoms with E-state index in [1.54, 1.807) is 6.26 Å². The minimum atomic E-state index is -0.647. The van der Waals surface area contributed by atoms with Crippen LogP contribution in [-0.2, 0) is 10.8 Å². The van der Waals surface area contributed by atoms with Gasteiger partial charge in [0.25, 0.3) is 0 Å². The molecule has 1 aliphatic heterocycles. The molecule has 0 bridgehead atoms. The molecule has 0 aliphatic carbocycles. The summed E-state index contributed by atoms with van der Waals surface area (Å²) in [6.07, 6.45) is 4.08. The maximum Gasteiger partial charge on any atom is 0.0246 e. The van der Waals surface area contributed by atoms with Gasteiger partial charge in [-0.15, -0.1) is 0 Å². The van der Waals surface area contributed by atoms with Crippen molar-refractivity contribution >= 4 is 10.8 Å². The maximum absolute atomic E-state index is 11.1. The third-order valence-electron chi connectivity index (χ3n) is 3.75. The van der Waals surface area contributed by atoms with E-state index in [0.29, 0.717) is 18.0 Å². The Morgan fingerprint density at radius 2 is 2.25 bits per heavy atom. The average molecular weight is 246 g/mol. The van der Waals surface area contributed by atoms with Gasteiger partial charge in [0, 0.05) is 41.4 Å². The highest BCUT2D eigenvalue weighted by Gasteiger charge is 2.27. The third-order valence-corrected chi connectivity index (χ3v) is 4.56. The van der Waals surface area contributed by atoms with E-state index in [1.807, 2.05) is 0 Å². The lowest BCUT2D eigenvalue weighted by molar-refractivity contribution is 0.112. The Bertz CT molecular complexity index is 235. The lowest BCUT2D eigenvalue weighted by Gasteiger charge is -2.40. The molecule has 1 saturated heterocycles. The van der Waals surface area contributed by atoms with Crippen LogP contribution < -0.4 is 5.32 Å². The van der Waals surface area contributed by atoms with Gasteiger partial charge in [-0.1, -0.05) is 6.92 Å². The van der Waals surface area contributed by atoms with Crippen molar-refractivity contribution in [1.82, 2.24) is 10.2 Å². The molecule has 4 unspecified atom stereocenters. The molecule has 0 aromatic carbocycles. The van der Waals surface area contributed by atoms with Crippen molar-refractivity contribution in [3.8, 4) is 0 Å². The van der Waals surface area contributed by atoms with Gasteiger partial charge >= 0.3 is 0 Å². The summed E-state index contributed by atoms with van der Waals surface area (Å²) in [5, 5.41) is 3.39. The Balaban J connectivity index is 2.35. The van der Waals surface area contributed by atoms with Crippen LogP contribution in [0.4, 0.5) is 0 Å². The predicted octanol–water partition coefficient (Wildman–Crippen LogP) is 1.07. The predicted molar refractivity (Wildman–Crippen MR) is 71.2 cm³/mol. The highest BCUT2D eigenvalue weighted by Crippen LogP contribution is 2.19. The van der Waals surface area contributed by atoms with E-state index < -0.39 is 10.8 Å². The molecule has 96 valence electrons. The highest BCUT2D eigenvalue weighted by atomic mass is 32.2. The number of hydrogen-bond acceptors (Lipinski definition) is 3. The Labute approximate surface area is 102 Å². The smallest absolute Gasteiger partial charge is 0.0246 e. The van der Waals surface area contributed by atoms with Crippen LogP contribution in [0.15, 0.2) is 0 Å².